The van der Waals surface area contributed by atoms with Crippen LogP contribution in [-0.4, -0.2) is 33.7 Å². The molecule has 0 spiro atoms. The fourth-order valence-electron chi connectivity index (χ4n) is 3.16. The predicted octanol–water partition coefficient (Wildman–Crippen LogP) is 2.93. The largest absolute Gasteiger partial charge is 0.508 e. The zero-order valence-corrected chi connectivity index (χ0v) is 13.0. The summed E-state index contributed by atoms with van der Waals surface area (Å²) in [6.45, 7) is 1.76. The SMILES string of the molecule is Cc1cc(O)cc(C(=O)N2C[C@@H](O)C[C@@H]2c2cc(F)ccc2F)c1. The number of benzene rings is 2. The van der Waals surface area contributed by atoms with Crippen molar-refractivity contribution in [3.63, 3.8) is 0 Å². The number of likely N-dealkylation sites (tertiary alicyclic amines) is 1. The number of β-amino-alcohol motifs (C(OH)–C–C–N with tert-alkyl or cyclic N) is 1. The van der Waals surface area contributed by atoms with Gasteiger partial charge in [0.2, 0.25) is 0 Å². The number of phenols is 1. The maximum atomic E-state index is 14.1. The first-order valence-electron chi connectivity index (χ1n) is 7.60. The topological polar surface area (TPSA) is 60.8 Å². The third-order valence-corrected chi connectivity index (χ3v) is 4.17. The number of phenolic OH excluding ortho intramolecular Hbond substituents is 1. The summed E-state index contributed by atoms with van der Waals surface area (Å²) in [5.41, 5.74) is 0.978. The lowest BCUT2D eigenvalue weighted by Gasteiger charge is -2.25. The van der Waals surface area contributed by atoms with E-state index in [4.69, 9.17) is 0 Å². The molecule has 4 nitrogen and oxygen atoms in total. The van der Waals surface area contributed by atoms with Crippen LogP contribution in [0.5, 0.6) is 5.75 Å². The monoisotopic (exact) mass is 333 g/mol. The molecule has 0 aromatic heterocycles. The number of nitrogens with zero attached hydrogens (tertiary/aromatic N) is 1. The molecule has 2 N–H and O–H groups in total. The summed E-state index contributed by atoms with van der Waals surface area (Å²) in [6.07, 6.45) is -0.691. The average Bonchev–Trinajstić information content (AvgIpc) is 2.89. The summed E-state index contributed by atoms with van der Waals surface area (Å²) in [6, 6.07) is 6.74. The summed E-state index contributed by atoms with van der Waals surface area (Å²) < 4.78 is 27.6. The second kappa shape index (κ2) is 6.20. The molecule has 1 heterocycles. The number of hydrogen-bond donors (Lipinski definition) is 2. The number of hydrogen-bond acceptors (Lipinski definition) is 3. The van der Waals surface area contributed by atoms with Crippen LogP contribution in [0.1, 0.15) is 33.9 Å². The highest BCUT2D eigenvalue weighted by Gasteiger charge is 2.37. The van der Waals surface area contributed by atoms with E-state index in [1.54, 1.807) is 13.0 Å². The molecule has 126 valence electrons. The highest BCUT2D eigenvalue weighted by Crippen LogP contribution is 2.35. The standard InChI is InChI=1S/C18H17F2NO3/c1-10-4-11(6-13(22)5-10)18(24)21-9-14(23)8-17(21)15-7-12(19)2-3-16(15)20/h2-7,14,17,22-23H,8-9H2,1H3/t14-,17+/m0/s1. The van der Waals surface area contributed by atoms with E-state index in [-0.39, 0.29) is 29.8 Å². The molecular weight excluding hydrogens is 316 g/mol. The van der Waals surface area contributed by atoms with Gasteiger partial charge in [-0.25, -0.2) is 8.78 Å². The Hall–Kier alpha value is -2.47. The van der Waals surface area contributed by atoms with Gasteiger partial charge in [0, 0.05) is 17.7 Å². The number of aryl methyl sites for hydroxylation is 1. The molecule has 1 saturated heterocycles. The Bertz CT molecular complexity index is 774. The first-order valence-corrected chi connectivity index (χ1v) is 7.60. The third kappa shape index (κ3) is 3.10. The van der Waals surface area contributed by atoms with Crippen molar-refractivity contribution in [2.75, 3.05) is 6.54 Å². The van der Waals surface area contributed by atoms with Crippen molar-refractivity contribution in [3.8, 4) is 5.75 Å². The van der Waals surface area contributed by atoms with E-state index in [1.165, 1.54) is 17.0 Å². The zero-order valence-electron chi connectivity index (χ0n) is 13.0. The Morgan fingerprint density at radius 1 is 1.21 bits per heavy atom. The van der Waals surface area contributed by atoms with Crippen molar-refractivity contribution in [1.82, 2.24) is 4.90 Å². The molecule has 1 aliphatic rings. The lowest BCUT2D eigenvalue weighted by molar-refractivity contribution is 0.0713. The van der Waals surface area contributed by atoms with E-state index in [0.717, 1.165) is 18.2 Å². The van der Waals surface area contributed by atoms with E-state index < -0.39 is 29.7 Å². The van der Waals surface area contributed by atoms with Crippen molar-refractivity contribution in [2.45, 2.75) is 25.5 Å². The fraction of sp³-hybridized carbons (Fsp3) is 0.278. The molecule has 0 radical (unpaired) electrons. The predicted molar refractivity (Wildman–Crippen MR) is 83.6 cm³/mol. The number of carbonyl (C=O) groups excluding carboxylic acids is 1. The van der Waals surface area contributed by atoms with Gasteiger partial charge in [-0.05, 0) is 55.3 Å². The van der Waals surface area contributed by atoms with Gasteiger partial charge in [-0.1, -0.05) is 0 Å². The molecule has 6 heteroatoms. The Labute approximate surface area is 138 Å². The van der Waals surface area contributed by atoms with Gasteiger partial charge >= 0.3 is 0 Å². The molecule has 1 amide bonds. The molecular formula is C18H17F2NO3. The first kappa shape index (κ1) is 16.4. The maximum absolute atomic E-state index is 14.1. The summed E-state index contributed by atoms with van der Waals surface area (Å²) in [7, 11) is 0. The van der Waals surface area contributed by atoms with Crippen molar-refractivity contribution in [1.29, 1.82) is 0 Å². The molecule has 0 aliphatic carbocycles. The van der Waals surface area contributed by atoms with Crippen LogP contribution in [0.4, 0.5) is 8.78 Å². The van der Waals surface area contributed by atoms with Crippen LogP contribution in [0.25, 0.3) is 0 Å². The summed E-state index contributed by atoms with van der Waals surface area (Å²) in [4.78, 5) is 14.1. The molecule has 2 aromatic rings. The number of halogens is 2. The average molecular weight is 333 g/mol. The van der Waals surface area contributed by atoms with Gasteiger partial charge in [-0.2, -0.15) is 0 Å². The first-order chi connectivity index (χ1) is 11.3. The van der Waals surface area contributed by atoms with E-state index in [9.17, 15) is 23.8 Å². The molecule has 24 heavy (non-hydrogen) atoms. The lowest BCUT2D eigenvalue weighted by Crippen LogP contribution is -2.32. The number of aliphatic hydroxyl groups is 1. The zero-order chi connectivity index (χ0) is 17.4. The van der Waals surface area contributed by atoms with Crippen LogP contribution in [0.15, 0.2) is 36.4 Å². The Morgan fingerprint density at radius 2 is 1.96 bits per heavy atom. The second-order valence-electron chi connectivity index (χ2n) is 6.09. The molecule has 1 aliphatic heterocycles. The van der Waals surface area contributed by atoms with Crippen LogP contribution < -0.4 is 0 Å². The number of aromatic hydroxyl groups is 1. The van der Waals surface area contributed by atoms with E-state index in [1.807, 2.05) is 0 Å². The van der Waals surface area contributed by atoms with Gasteiger partial charge in [0.05, 0.1) is 12.1 Å². The molecule has 2 atom stereocenters. The molecule has 1 fully saturated rings. The minimum Gasteiger partial charge on any atom is -0.508 e. The Balaban J connectivity index is 1.98. The summed E-state index contributed by atoms with van der Waals surface area (Å²) in [5, 5.41) is 19.6. The fourth-order valence-corrected chi connectivity index (χ4v) is 3.16. The van der Waals surface area contributed by atoms with E-state index in [0.29, 0.717) is 5.56 Å². The normalized spacial score (nSPS) is 20.4. The number of rotatable bonds is 2. The molecule has 0 saturated carbocycles. The molecule has 2 aromatic carbocycles. The van der Waals surface area contributed by atoms with Crippen molar-refractivity contribution in [3.05, 3.63) is 64.7 Å². The highest BCUT2D eigenvalue weighted by atomic mass is 19.1. The second-order valence-corrected chi connectivity index (χ2v) is 6.09. The maximum Gasteiger partial charge on any atom is 0.254 e. The van der Waals surface area contributed by atoms with Crippen molar-refractivity contribution < 1.29 is 23.8 Å². The van der Waals surface area contributed by atoms with Gasteiger partial charge in [0.1, 0.15) is 17.4 Å². The minimum atomic E-state index is -0.819. The molecule has 3 rings (SSSR count). The number of aliphatic hydroxyl groups excluding tert-OH is 1. The van der Waals surface area contributed by atoms with Crippen LogP contribution >= 0.6 is 0 Å². The van der Waals surface area contributed by atoms with Crippen LogP contribution in [-0.2, 0) is 0 Å². The van der Waals surface area contributed by atoms with Crippen LogP contribution in [0.2, 0.25) is 0 Å². The highest BCUT2D eigenvalue weighted by molar-refractivity contribution is 5.95. The van der Waals surface area contributed by atoms with Crippen LogP contribution in [0.3, 0.4) is 0 Å². The Morgan fingerprint density at radius 3 is 2.67 bits per heavy atom. The molecule has 0 bridgehead atoms. The van der Waals surface area contributed by atoms with Gasteiger partial charge < -0.3 is 15.1 Å². The van der Waals surface area contributed by atoms with Gasteiger partial charge in [-0.3, -0.25) is 4.79 Å². The summed E-state index contributed by atoms with van der Waals surface area (Å²) in [5.74, 6) is -1.72. The van der Waals surface area contributed by atoms with E-state index in [2.05, 4.69) is 0 Å². The lowest BCUT2D eigenvalue weighted by atomic mass is 10.0. The van der Waals surface area contributed by atoms with E-state index >= 15 is 0 Å². The van der Waals surface area contributed by atoms with Crippen LogP contribution in [0, 0.1) is 18.6 Å². The molecule has 0 unspecified atom stereocenters. The van der Waals surface area contributed by atoms with Gasteiger partial charge in [0.25, 0.3) is 5.91 Å². The van der Waals surface area contributed by atoms with Gasteiger partial charge in [-0.15, -0.1) is 0 Å². The smallest absolute Gasteiger partial charge is 0.254 e. The number of carbonyl (C=O) groups is 1. The summed E-state index contributed by atoms with van der Waals surface area (Å²) >= 11 is 0. The quantitative estimate of drug-likeness (QED) is 0.888. The Kier molecular flexibility index (Phi) is 4.24. The van der Waals surface area contributed by atoms with Crippen molar-refractivity contribution in [2.24, 2.45) is 0 Å². The number of amides is 1. The van der Waals surface area contributed by atoms with Crippen molar-refractivity contribution >= 4 is 5.91 Å². The van der Waals surface area contributed by atoms with Gasteiger partial charge in [0.15, 0.2) is 0 Å². The third-order valence-electron chi connectivity index (χ3n) is 4.17. The minimum absolute atomic E-state index is 0.0220.